The Bertz CT molecular complexity index is 823. The average Bonchev–Trinajstić information content (AvgIpc) is 2.90. The van der Waals surface area contributed by atoms with Crippen molar-refractivity contribution in [2.24, 2.45) is 0 Å². The van der Waals surface area contributed by atoms with Gasteiger partial charge in [0.25, 0.3) is 0 Å². The van der Waals surface area contributed by atoms with Crippen LogP contribution in [-0.2, 0) is 5.60 Å². The SMILES string of the molecule is C=CC(C)(O)c1cccc(-c2nc3cc(F)ccc3s2)c1. The molecule has 1 atom stereocenters. The zero-order valence-electron chi connectivity index (χ0n) is 11.5. The van der Waals surface area contributed by atoms with Crippen LogP contribution in [0.3, 0.4) is 0 Å². The predicted octanol–water partition coefficient (Wildman–Crippen LogP) is 4.50. The Morgan fingerprint density at radius 2 is 2.10 bits per heavy atom. The van der Waals surface area contributed by atoms with Crippen LogP contribution < -0.4 is 0 Å². The van der Waals surface area contributed by atoms with Crippen molar-refractivity contribution in [2.75, 3.05) is 0 Å². The fraction of sp³-hybridized carbons (Fsp3) is 0.118. The molecule has 2 nitrogen and oxygen atoms in total. The molecule has 0 fully saturated rings. The van der Waals surface area contributed by atoms with Gasteiger partial charge in [-0.3, -0.25) is 0 Å². The summed E-state index contributed by atoms with van der Waals surface area (Å²) in [4.78, 5) is 4.46. The molecule has 1 heterocycles. The Labute approximate surface area is 126 Å². The van der Waals surface area contributed by atoms with Gasteiger partial charge in [-0.1, -0.05) is 30.9 Å². The number of halogens is 1. The summed E-state index contributed by atoms with van der Waals surface area (Å²) in [6.07, 6.45) is 1.50. The maximum Gasteiger partial charge on any atom is 0.125 e. The molecular formula is C17H14FNOS. The van der Waals surface area contributed by atoms with E-state index in [1.165, 1.54) is 29.5 Å². The number of aromatic nitrogens is 1. The van der Waals surface area contributed by atoms with E-state index in [4.69, 9.17) is 0 Å². The Balaban J connectivity index is 2.10. The lowest BCUT2D eigenvalue weighted by Crippen LogP contribution is -2.16. The van der Waals surface area contributed by atoms with Crippen LogP contribution in [0.5, 0.6) is 0 Å². The predicted molar refractivity (Wildman–Crippen MR) is 84.8 cm³/mol. The van der Waals surface area contributed by atoms with Gasteiger partial charge in [0.2, 0.25) is 0 Å². The fourth-order valence-corrected chi connectivity index (χ4v) is 3.05. The number of rotatable bonds is 3. The summed E-state index contributed by atoms with van der Waals surface area (Å²) >= 11 is 1.50. The largest absolute Gasteiger partial charge is 0.381 e. The van der Waals surface area contributed by atoms with E-state index in [9.17, 15) is 9.50 Å². The molecule has 4 heteroatoms. The van der Waals surface area contributed by atoms with Crippen LogP contribution in [0.1, 0.15) is 12.5 Å². The van der Waals surface area contributed by atoms with Crippen molar-refractivity contribution in [3.63, 3.8) is 0 Å². The van der Waals surface area contributed by atoms with Gasteiger partial charge in [-0.15, -0.1) is 11.3 Å². The second kappa shape index (κ2) is 5.06. The second-order valence-corrected chi connectivity index (χ2v) is 6.09. The number of fused-ring (bicyclic) bond motifs is 1. The van der Waals surface area contributed by atoms with Gasteiger partial charge >= 0.3 is 0 Å². The normalized spacial score (nSPS) is 14.0. The molecule has 3 rings (SSSR count). The monoisotopic (exact) mass is 299 g/mol. The Hall–Kier alpha value is -2.04. The van der Waals surface area contributed by atoms with Gasteiger partial charge in [0.1, 0.15) is 16.4 Å². The van der Waals surface area contributed by atoms with Crippen molar-refractivity contribution in [2.45, 2.75) is 12.5 Å². The van der Waals surface area contributed by atoms with Crippen LogP contribution in [0.2, 0.25) is 0 Å². The average molecular weight is 299 g/mol. The number of nitrogens with zero attached hydrogens (tertiary/aromatic N) is 1. The van der Waals surface area contributed by atoms with Gasteiger partial charge in [0.05, 0.1) is 10.2 Å². The first-order valence-corrected chi connectivity index (χ1v) is 7.34. The van der Waals surface area contributed by atoms with Crippen LogP contribution >= 0.6 is 11.3 Å². The van der Waals surface area contributed by atoms with Crippen molar-refractivity contribution < 1.29 is 9.50 Å². The van der Waals surface area contributed by atoms with Crippen molar-refractivity contribution >= 4 is 21.6 Å². The van der Waals surface area contributed by atoms with Gasteiger partial charge < -0.3 is 5.11 Å². The molecule has 1 unspecified atom stereocenters. The molecule has 3 aromatic rings. The third kappa shape index (κ3) is 2.60. The van der Waals surface area contributed by atoms with E-state index in [2.05, 4.69) is 11.6 Å². The molecule has 0 spiro atoms. The summed E-state index contributed by atoms with van der Waals surface area (Å²) in [6.45, 7) is 5.34. The summed E-state index contributed by atoms with van der Waals surface area (Å²) in [5, 5.41) is 11.1. The summed E-state index contributed by atoms with van der Waals surface area (Å²) in [5.41, 5.74) is 1.21. The van der Waals surface area contributed by atoms with Crippen LogP contribution in [0, 0.1) is 5.82 Å². The van der Waals surface area contributed by atoms with Gasteiger partial charge in [-0.25, -0.2) is 9.37 Å². The lowest BCUT2D eigenvalue weighted by molar-refractivity contribution is 0.112. The first kappa shape index (κ1) is 13.9. The van der Waals surface area contributed by atoms with Crippen LogP contribution in [0.25, 0.3) is 20.8 Å². The van der Waals surface area contributed by atoms with E-state index < -0.39 is 5.60 Å². The molecule has 0 aliphatic rings. The molecule has 0 saturated heterocycles. The first-order valence-electron chi connectivity index (χ1n) is 6.52. The summed E-state index contributed by atoms with van der Waals surface area (Å²) < 4.78 is 14.2. The van der Waals surface area contributed by atoms with Crippen molar-refractivity contribution in [3.8, 4) is 10.6 Å². The molecular weight excluding hydrogens is 285 g/mol. The summed E-state index contributed by atoms with van der Waals surface area (Å²) in [5.74, 6) is -0.289. The molecule has 0 radical (unpaired) electrons. The molecule has 21 heavy (non-hydrogen) atoms. The zero-order chi connectivity index (χ0) is 15.0. The molecule has 0 saturated carbocycles. The maximum atomic E-state index is 13.2. The molecule has 2 aromatic carbocycles. The third-order valence-corrected chi connectivity index (χ3v) is 4.53. The minimum absolute atomic E-state index is 0.289. The molecule has 0 aliphatic heterocycles. The highest BCUT2D eigenvalue weighted by Crippen LogP contribution is 2.32. The standard InChI is InChI=1S/C17H14FNOS/c1-3-17(2,20)12-6-4-5-11(9-12)16-19-14-10-13(18)7-8-15(14)21-16/h3-10,20H,1H2,2H3. The van der Waals surface area contributed by atoms with Crippen LogP contribution in [0.4, 0.5) is 4.39 Å². The van der Waals surface area contributed by atoms with E-state index >= 15 is 0 Å². The van der Waals surface area contributed by atoms with Crippen LogP contribution in [0.15, 0.2) is 55.1 Å². The molecule has 0 bridgehead atoms. The van der Waals surface area contributed by atoms with Gasteiger partial charge in [0.15, 0.2) is 0 Å². The third-order valence-electron chi connectivity index (χ3n) is 3.44. The van der Waals surface area contributed by atoms with Crippen molar-refractivity contribution in [1.82, 2.24) is 4.98 Å². The van der Waals surface area contributed by atoms with E-state index in [0.717, 1.165) is 20.8 Å². The zero-order valence-corrected chi connectivity index (χ0v) is 12.3. The smallest absolute Gasteiger partial charge is 0.125 e. The summed E-state index contributed by atoms with van der Waals surface area (Å²) in [7, 11) is 0. The van der Waals surface area contributed by atoms with E-state index in [1.54, 1.807) is 13.0 Å². The fourth-order valence-electron chi connectivity index (χ4n) is 2.11. The quantitative estimate of drug-likeness (QED) is 0.723. The topological polar surface area (TPSA) is 33.1 Å². The van der Waals surface area contributed by atoms with Crippen LogP contribution in [-0.4, -0.2) is 10.1 Å². The number of benzene rings is 2. The van der Waals surface area contributed by atoms with E-state index in [0.29, 0.717) is 5.52 Å². The van der Waals surface area contributed by atoms with E-state index in [-0.39, 0.29) is 5.82 Å². The Morgan fingerprint density at radius 1 is 1.29 bits per heavy atom. The highest BCUT2D eigenvalue weighted by molar-refractivity contribution is 7.21. The number of hydrogen-bond donors (Lipinski definition) is 1. The maximum absolute atomic E-state index is 13.2. The number of thiazole rings is 1. The molecule has 0 aliphatic carbocycles. The molecule has 106 valence electrons. The minimum Gasteiger partial charge on any atom is -0.381 e. The van der Waals surface area contributed by atoms with Gasteiger partial charge in [0, 0.05) is 11.6 Å². The second-order valence-electron chi connectivity index (χ2n) is 5.06. The Morgan fingerprint density at radius 3 is 2.86 bits per heavy atom. The Kier molecular flexibility index (Phi) is 3.35. The van der Waals surface area contributed by atoms with Crippen molar-refractivity contribution in [1.29, 1.82) is 0 Å². The van der Waals surface area contributed by atoms with Gasteiger partial charge in [-0.2, -0.15) is 0 Å². The van der Waals surface area contributed by atoms with E-state index in [1.807, 2.05) is 24.3 Å². The summed E-state index contributed by atoms with van der Waals surface area (Å²) in [6, 6.07) is 12.1. The highest BCUT2D eigenvalue weighted by Gasteiger charge is 2.19. The highest BCUT2D eigenvalue weighted by atomic mass is 32.1. The molecule has 1 N–H and O–H groups in total. The lowest BCUT2D eigenvalue weighted by atomic mass is 9.95. The van der Waals surface area contributed by atoms with Gasteiger partial charge in [-0.05, 0) is 30.7 Å². The first-order chi connectivity index (χ1) is 9.99. The molecule has 1 aromatic heterocycles. The lowest BCUT2D eigenvalue weighted by Gasteiger charge is -2.19. The molecule has 0 amide bonds. The van der Waals surface area contributed by atoms with Crippen molar-refractivity contribution in [3.05, 3.63) is 66.5 Å². The number of aliphatic hydroxyl groups is 1. The minimum atomic E-state index is -1.08. The number of hydrogen-bond acceptors (Lipinski definition) is 3.